The quantitative estimate of drug-likeness (QED) is 0.611. The van der Waals surface area contributed by atoms with E-state index in [1.54, 1.807) is 17.8 Å². The highest BCUT2D eigenvalue weighted by Crippen LogP contribution is 2.19. The van der Waals surface area contributed by atoms with Crippen molar-refractivity contribution in [2.45, 2.75) is 33.5 Å². The van der Waals surface area contributed by atoms with Gasteiger partial charge in [0.1, 0.15) is 23.9 Å². The molecule has 142 valence electrons. The van der Waals surface area contributed by atoms with Crippen molar-refractivity contribution in [3.8, 4) is 5.75 Å². The zero-order valence-corrected chi connectivity index (χ0v) is 16.4. The number of halogens is 2. The summed E-state index contributed by atoms with van der Waals surface area (Å²) < 4.78 is 26.4. The second-order valence-corrected chi connectivity index (χ2v) is 6.60. The summed E-state index contributed by atoms with van der Waals surface area (Å²) in [6.07, 6.45) is 1.69. The Bertz CT molecular complexity index is 937. The molecule has 0 fully saturated rings. The van der Waals surface area contributed by atoms with Gasteiger partial charge in [0.05, 0.1) is 28.5 Å². The highest BCUT2D eigenvalue weighted by Gasteiger charge is 2.21. The normalized spacial score (nSPS) is 10.8. The third-order valence-electron chi connectivity index (χ3n) is 4.01. The molecule has 0 radical (unpaired) electrons. The Morgan fingerprint density at radius 3 is 2.81 bits per heavy atom. The van der Waals surface area contributed by atoms with Crippen LogP contribution < -0.4 is 10.1 Å². The van der Waals surface area contributed by atoms with Crippen LogP contribution in [0.5, 0.6) is 5.75 Å². The number of amides is 1. The van der Waals surface area contributed by atoms with E-state index in [4.69, 9.17) is 9.26 Å². The average Bonchev–Trinajstić information content (AvgIpc) is 3.21. The van der Waals surface area contributed by atoms with Crippen LogP contribution in [-0.4, -0.2) is 20.8 Å². The van der Waals surface area contributed by atoms with E-state index in [2.05, 4.69) is 31.5 Å². The van der Waals surface area contributed by atoms with E-state index >= 15 is 0 Å². The summed E-state index contributed by atoms with van der Waals surface area (Å²) in [5.41, 5.74) is 1.56. The number of carbonyl (C=O) groups is 1. The zero-order chi connectivity index (χ0) is 19.4. The van der Waals surface area contributed by atoms with Gasteiger partial charge in [0.15, 0.2) is 5.69 Å². The summed E-state index contributed by atoms with van der Waals surface area (Å²) in [7, 11) is 0. The summed E-state index contributed by atoms with van der Waals surface area (Å²) in [5, 5.41) is 10.9. The Morgan fingerprint density at radius 1 is 1.37 bits per heavy atom. The Kier molecular flexibility index (Phi) is 5.90. The van der Waals surface area contributed by atoms with E-state index < -0.39 is 0 Å². The molecule has 1 N–H and O–H groups in total. The zero-order valence-electron chi connectivity index (χ0n) is 14.8. The molecular weight excluding hydrogens is 419 g/mol. The highest BCUT2D eigenvalue weighted by atomic mass is 79.9. The summed E-state index contributed by atoms with van der Waals surface area (Å²) >= 11 is 3.42. The van der Waals surface area contributed by atoms with Crippen molar-refractivity contribution in [1.82, 2.24) is 20.3 Å². The summed E-state index contributed by atoms with van der Waals surface area (Å²) in [6.45, 7) is 4.74. The van der Waals surface area contributed by atoms with Gasteiger partial charge in [-0.15, -0.1) is 0 Å². The van der Waals surface area contributed by atoms with Gasteiger partial charge in [-0.2, -0.15) is 5.10 Å². The summed E-state index contributed by atoms with van der Waals surface area (Å²) in [4.78, 5) is 12.6. The van der Waals surface area contributed by atoms with Crippen LogP contribution in [0.1, 0.15) is 34.4 Å². The monoisotopic (exact) mass is 436 g/mol. The number of hydrogen-bond acceptors (Lipinski definition) is 5. The van der Waals surface area contributed by atoms with Crippen LogP contribution in [-0.2, 0) is 19.7 Å². The molecule has 0 saturated carbocycles. The van der Waals surface area contributed by atoms with Crippen molar-refractivity contribution in [2.75, 3.05) is 0 Å². The van der Waals surface area contributed by atoms with Gasteiger partial charge in [0.25, 0.3) is 5.91 Å². The number of aromatic nitrogens is 3. The minimum absolute atomic E-state index is 0.0836. The number of hydrogen-bond donors (Lipinski definition) is 1. The topological polar surface area (TPSA) is 82.2 Å². The minimum atomic E-state index is -0.375. The molecule has 0 aliphatic heterocycles. The van der Waals surface area contributed by atoms with Crippen LogP contribution in [0.15, 0.2) is 39.5 Å². The molecule has 0 spiro atoms. The highest BCUT2D eigenvalue weighted by molar-refractivity contribution is 9.10. The molecule has 0 saturated heterocycles. The first-order chi connectivity index (χ1) is 13.0. The molecule has 1 amide bonds. The number of rotatable bonds is 7. The van der Waals surface area contributed by atoms with E-state index in [-0.39, 0.29) is 30.6 Å². The van der Waals surface area contributed by atoms with Crippen LogP contribution in [0.4, 0.5) is 4.39 Å². The predicted octanol–water partition coefficient (Wildman–Crippen LogP) is 3.61. The van der Waals surface area contributed by atoms with Gasteiger partial charge in [0, 0.05) is 6.54 Å². The standard InChI is InChI=1S/C18H18BrFN4O3/c1-3-24-16(15(19)8-22-24)9-21-18(25)17-14(11(2)27-23-17)10-26-13-6-4-12(20)5-7-13/h4-8H,3,9-10H2,1-2H3,(H,21,25). The Labute approximate surface area is 163 Å². The molecule has 3 rings (SSSR count). The molecule has 27 heavy (non-hydrogen) atoms. The molecule has 0 aliphatic rings. The summed E-state index contributed by atoms with van der Waals surface area (Å²) in [6, 6.07) is 5.64. The first kappa shape index (κ1) is 19.1. The Balaban J connectivity index is 1.68. The Morgan fingerprint density at radius 2 is 2.11 bits per heavy atom. The van der Waals surface area contributed by atoms with Gasteiger partial charge in [-0.05, 0) is 54.0 Å². The first-order valence-electron chi connectivity index (χ1n) is 8.31. The van der Waals surface area contributed by atoms with E-state index in [1.165, 1.54) is 24.3 Å². The van der Waals surface area contributed by atoms with Gasteiger partial charge in [-0.3, -0.25) is 9.48 Å². The van der Waals surface area contributed by atoms with E-state index in [0.29, 0.717) is 23.6 Å². The predicted molar refractivity (Wildman–Crippen MR) is 98.7 cm³/mol. The van der Waals surface area contributed by atoms with Crippen molar-refractivity contribution >= 4 is 21.8 Å². The Hall–Kier alpha value is -2.68. The summed E-state index contributed by atoms with van der Waals surface area (Å²) in [5.74, 6) is 0.252. The van der Waals surface area contributed by atoms with Crippen molar-refractivity contribution in [3.05, 3.63) is 63.5 Å². The lowest BCUT2D eigenvalue weighted by molar-refractivity contribution is 0.0938. The minimum Gasteiger partial charge on any atom is -0.489 e. The van der Waals surface area contributed by atoms with Crippen LogP contribution in [0.2, 0.25) is 0 Å². The second-order valence-electron chi connectivity index (χ2n) is 5.75. The molecule has 9 heteroatoms. The van der Waals surface area contributed by atoms with E-state index in [1.807, 2.05) is 6.92 Å². The number of ether oxygens (including phenoxy) is 1. The van der Waals surface area contributed by atoms with Crippen LogP contribution in [0.25, 0.3) is 0 Å². The van der Waals surface area contributed by atoms with Gasteiger partial charge < -0.3 is 14.6 Å². The molecule has 0 aliphatic carbocycles. The lowest BCUT2D eigenvalue weighted by Gasteiger charge is -2.09. The number of aryl methyl sites for hydroxylation is 2. The average molecular weight is 437 g/mol. The maximum atomic E-state index is 13.0. The van der Waals surface area contributed by atoms with E-state index in [0.717, 1.165) is 10.2 Å². The number of nitrogens with zero attached hydrogens (tertiary/aromatic N) is 3. The maximum Gasteiger partial charge on any atom is 0.274 e. The molecule has 0 bridgehead atoms. The third-order valence-corrected chi connectivity index (χ3v) is 4.67. The van der Waals surface area contributed by atoms with Crippen molar-refractivity contribution in [3.63, 3.8) is 0 Å². The second kappa shape index (κ2) is 8.34. The van der Waals surface area contributed by atoms with Crippen molar-refractivity contribution in [2.24, 2.45) is 0 Å². The van der Waals surface area contributed by atoms with Gasteiger partial charge >= 0.3 is 0 Å². The lowest BCUT2D eigenvalue weighted by atomic mass is 10.2. The fourth-order valence-corrected chi connectivity index (χ4v) is 2.95. The van der Waals surface area contributed by atoms with Crippen molar-refractivity contribution in [1.29, 1.82) is 0 Å². The number of nitrogens with one attached hydrogen (secondary N) is 1. The number of benzene rings is 1. The number of carbonyl (C=O) groups excluding carboxylic acids is 1. The van der Waals surface area contributed by atoms with Crippen LogP contribution >= 0.6 is 15.9 Å². The molecule has 3 aromatic rings. The third kappa shape index (κ3) is 4.36. The smallest absolute Gasteiger partial charge is 0.274 e. The largest absolute Gasteiger partial charge is 0.489 e. The molecule has 1 aromatic carbocycles. The molecular formula is C18H18BrFN4O3. The SMILES string of the molecule is CCn1ncc(Br)c1CNC(=O)c1noc(C)c1COc1ccc(F)cc1. The molecule has 0 unspecified atom stereocenters. The van der Waals surface area contributed by atoms with Gasteiger partial charge in [0.2, 0.25) is 0 Å². The van der Waals surface area contributed by atoms with Crippen LogP contribution in [0.3, 0.4) is 0 Å². The lowest BCUT2D eigenvalue weighted by Crippen LogP contribution is -2.26. The fraction of sp³-hybridized carbons (Fsp3) is 0.278. The van der Waals surface area contributed by atoms with Gasteiger partial charge in [-0.25, -0.2) is 4.39 Å². The van der Waals surface area contributed by atoms with Crippen LogP contribution in [0, 0.1) is 12.7 Å². The molecule has 2 heterocycles. The maximum absolute atomic E-state index is 13.0. The molecule has 7 nitrogen and oxygen atoms in total. The van der Waals surface area contributed by atoms with E-state index in [9.17, 15) is 9.18 Å². The van der Waals surface area contributed by atoms with Gasteiger partial charge in [-0.1, -0.05) is 5.16 Å². The molecule has 2 aromatic heterocycles. The fourth-order valence-electron chi connectivity index (χ4n) is 2.51. The molecule has 0 atom stereocenters. The van der Waals surface area contributed by atoms with Crippen molar-refractivity contribution < 1.29 is 18.4 Å². The first-order valence-corrected chi connectivity index (χ1v) is 9.10.